The number of hydrogen-bond donors (Lipinski definition) is 3. The van der Waals surface area contributed by atoms with Gasteiger partial charge in [-0.25, -0.2) is 0 Å². The minimum absolute atomic E-state index is 0.174. The summed E-state index contributed by atoms with van der Waals surface area (Å²) in [4.78, 5) is 16.6. The summed E-state index contributed by atoms with van der Waals surface area (Å²) in [7, 11) is 0. The zero-order chi connectivity index (χ0) is 18.6. The molecule has 7 heteroatoms. The molecule has 0 bridgehead atoms. The van der Waals surface area contributed by atoms with Crippen molar-refractivity contribution in [1.82, 2.24) is 16.0 Å². The number of carbonyl (C=O) groups excluding carboxylic acids is 1. The molecule has 1 aliphatic rings. The van der Waals surface area contributed by atoms with Crippen molar-refractivity contribution in [1.29, 1.82) is 0 Å². The first-order chi connectivity index (χ1) is 12.7. The highest BCUT2D eigenvalue weighted by atomic mass is 35.5. The van der Waals surface area contributed by atoms with Gasteiger partial charge in [0.25, 0.3) is 5.91 Å². The third kappa shape index (κ3) is 8.06. The third-order valence-electron chi connectivity index (χ3n) is 3.93. The Morgan fingerprint density at radius 3 is 2.73 bits per heavy atom. The number of nitrogens with one attached hydrogen (secondary N) is 3. The van der Waals surface area contributed by atoms with Gasteiger partial charge >= 0.3 is 0 Å². The van der Waals surface area contributed by atoms with Crippen molar-refractivity contribution in [2.24, 2.45) is 10.9 Å². The van der Waals surface area contributed by atoms with Crippen molar-refractivity contribution in [2.45, 2.75) is 26.2 Å². The summed E-state index contributed by atoms with van der Waals surface area (Å²) in [5.41, 5.74) is 0.487. The molecule has 6 nitrogen and oxygen atoms in total. The Bertz CT molecular complexity index is 591. The van der Waals surface area contributed by atoms with Gasteiger partial charge in [0.15, 0.2) is 5.96 Å². The van der Waals surface area contributed by atoms with Gasteiger partial charge < -0.3 is 20.7 Å². The third-order valence-corrected chi connectivity index (χ3v) is 4.26. The van der Waals surface area contributed by atoms with Crippen LogP contribution in [-0.2, 0) is 4.74 Å². The van der Waals surface area contributed by atoms with E-state index in [4.69, 9.17) is 16.3 Å². The number of carbonyl (C=O) groups is 1. The molecule has 0 atom stereocenters. The lowest BCUT2D eigenvalue weighted by Crippen LogP contribution is -2.41. The molecule has 1 aromatic rings. The topological polar surface area (TPSA) is 74.8 Å². The second-order valence-electron chi connectivity index (χ2n) is 6.30. The van der Waals surface area contributed by atoms with Crippen LogP contribution in [0.5, 0.6) is 0 Å². The lowest BCUT2D eigenvalue weighted by Gasteiger charge is -2.12. The van der Waals surface area contributed by atoms with Crippen LogP contribution in [0.15, 0.2) is 29.3 Å². The van der Waals surface area contributed by atoms with E-state index in [1.807, 2.05) is 6.92 Å². The number of amides is 1. The number of halogens is 1. The van der Waals surface area contributed by atoms with Gasteiger partial charge in [-0.3, -0.25) is 9.79 Å². The summed E-state index contributed by atoms with van der Waals surface area (Å²) in [6.45, 7) is 6.25. The molecule has 1 aliphatic carbocycles. The number of hydrogen-bond acceptors (Lipinski definition) is 3. The molecule has 1 aromatic carbocycles. The molecular formula is C19H29ClN4O2. The van der Waals surface area contributed by atoms with Gasteiger partial charge in [0.2, 0.25) is 0 Å². The highest BCUT2D eigenvalue weighted by molar-refractivity contribution is 6.33. The quantitative estimate of drug-likeness (QED) is 0.313. The van der Waals surface area contributed by atoms with Gasteiger partial charge in [-0.1, -0.05) is 23.7 Å². The van der Waals surface area contributed by atoms with Gasteiger partial charge in [0.1, 0.15) is 0 Å². The SMILES string of the molecule is CCNC(=NCCCOCC1CC1)NCCNC(=O)c1ccccc1Cl. The van der Waals surface area contributed by atoms with Crippen LogP contribution in [0, 0.1) is 5.92 Å². The summed E-state index contributed by atoms with van der Waals surface area (Å²) in [6, 6.07) is 7.01. The zero-order valence-electron chi connectivity index (χ0n) is 15.4. The number of ether oxygens (including phenoxy) is 1. The smallest absolute Gasteiger partial charge is 0.252 e. The highest BCUT2D eigenvalue weighted by Gasteiger charge is 2.20. The molecule has 1 fully saturated rings. The van der Waals surface area contributed by atoms with Gasteiger partial charge in [0, 0.05) is 39.4 Å². The highest BCUT2D eigenvalue weighted by Crippen LogP contribution is 2.28. The fourth-order valence-electron chi connectivity index (χ4n) is 2.33. The molecule has 1 amide bonds. The molecule has 144 valence electrons. The van der Waals surface area contributed by atoms with Crippen molar-refractivity contribution in [3.8, 4) is 0 Å². The van der Waals surface area contributed by atoms with Gasteiger partial charge in [0.05, 0.1) is 10.6 Å². The average Bonchev–Trinajstić information content (AvgIpc) is 3.46. The van der Waals surface area contributed by atoms with Crippen molar-refractivity contribution >= 4 is 23.5 Å². The molecular weight excluding hydrogens is 352 g/mol. The van der Waals surface area contributed by atoms with E-state index in [9.17, 15) is 4.79 Å². The molecule has 0 spiro atoms. The molecule has 0 saturated heterocycles. The number of rotatable bonds is 11. The number of aliphatic imine (C=N–C) groups is 1. The lowest BCUT2D eigenvalue weighted by molar-refractivity contribution is 0.0954. The molecule has 1 saturated carbocycles. The van der Waals surface area contributed by atoms with E-state index in [1.54, 1.807) is 24.3 Å². The molecule has 3 N–H and O–H groups in total. The number of benzene rings is 1. The Balaban J connectivity index is 1.61. The van der Waals surface area contributed by atoms with Crippen LogP contribution in [0.4, 0.5) is 0 Å². The molecule has 0 aromatic heterocycles. The first kappa shape index (κ1) is 20.5. The second-order valence-corrected chi connectivity index (χ2v) is 6.70. The predicted octanol–water partition coefficient (Wildman–Crippen LogP) is 2.44. The van der Waals surface area contributed by atoms with Crippen molar-refractivity contribution in [3.05, 3.63) is 34.9 Å². The Kier molecular flexibility index (Phi) is 9.28. The first-order valence-corrected chi connectivity index (χ1v) is 9.71. The Morgan fingerprint density at radius 2 is 2.00 bits per heavy atom. The first-order valence-electron chi connectivity index (χ1n) is 9.33. The summed E-state index contributed by atoms with van der Waals surface area (Å²) >= 11 is 6.02. The van der Waals surface area contributed by atoms with Crippen LogP contribution in [0.2, 0.25) is 5.02 Å². The van der Waals surface area contributed by atoms with Crippen LogP contribution >= 0.6 is 11.6 Å². The molecule has 26 heavy (non-hydrogen) atoms. The zero-order valence-corrected chi connectivity index (χ0v) is 16.1. The fourth-order valence-corrected chi connectivity index (χ4v) is 2.55. The standard InChI is InChI=1S/C19H29ClN4O2/c1-2-21-19(23-10-5-13-26-14-15-8-9-15)24-12-11-22-18(25)16-6-3-4-7-17(16)20/h3-4,6-7,15H,2,5,8-14H2,1H3,(H,22,25)(H2,21,23,24). The molecule has 2 rings (SSSR count). The lowest BCUT2D eigenvalue weighted by atomic mass is 10.2. The summed E-state index contributed by atoms with van der Waals surface area (Å²) < 4.78 is 5.61. The van der Waals surface area contributed by atoms with E-state index in [-0.39, 0.29) is 5.91 Å². The maximum atomic E-state index is 12.1. The van der Waals surface area contributed by atoms with Crippen LogP contribution < -0.4 is 16.0 Å². The number of guanidine groups is 1. The van der Waals surface area contributed by atoms with Gasteiger partial charge in [-0.2, -0.15) is 0 Å². The minimum Gasteiger partial charge on any atom is -0.381 e. The maximum absolute atomic E-state index is 12.1. The molecule has 0 aliphatic heterocycles. The van der Waals surface area contributed by atoms with Crippen molar-refractivity contribution < 1.29 is 9.53 Å². The van der Waals surface area contributed by atoms with E-state index in [0.717, 1.165) is 38.1 Å². The largest absolute Gasteiger partial charge is 0.381 e. The maximum Gasteiger partial charge on any atom is 0.252 e. The summed E-state index contributed by atoms with van der Waals surface area (Å²) in [5, 5.41) is 9.71. The Hall–Kier alpha value is -1.79. The monoisotopic (exact) mass is 380 g/mol. The summed E-state index contributed by atoms with van der Waals surface area (Å²) in [6.07, 6.45) is 3.55. The normalized spacial score (nSPS) is 14.2. The van der Waals surface area contributed by atoms with E-state index in [0.29, 0.717) is 30.2 Å². The minimum atomic E-state index is -0.174. The molecule has 0 unspecified atom stereocenters. The van der Waals surface area contributed by atoms with E-state index >= 15 is 0 Å². The van der Waals surface area contributed by atoms with Crippen molar-refractivity contribution in [3.63, 3.8) is 0 Å². The second kappa shape index (κ2) is 11.8. The fraction of sp³-hybridized carbons (Fsp3) is 0.579. The van der Waals surface area contributed by atoms with Crippen LogP contribution in [0.25, 0.3) is 0 Å². The Morgan fingerprint density at radius 1 is 1.23 bits per heavy atom. The Labute approximate surface area is 160 Å². The van der Waals surface area contributed by atoms with E-state index < -0.39 is 0 Å². The van der Waals surface area contributed by atoms with Gasteiger partial charge in [-0.15, -0.1) is 0 Å². The average molecular weight is 381 g/mol. The van der Waals surface area contributed by atoms with E-state index in [1.165, 1.54) is 12.8 Å². The van der Waals surface area contributed by atoms with Gasteiger partial charge in [-0.05, 0) is 44.2 Å². The number of nitrogens with zero attached hydrogens (tertiary/aromatic N) is 1. The molecule has 0 radical (unpaired) electrons. The van der Waals surface area contributed by atoms with Crippen LogP contribution in [0.1, 0.15) is 36.5 Å². The summed E-state index contributed by atoms with van der Waals surface area (Å²) in [5.74, 6) is 1.38. The van der Waals surface area contributed by atoms with E-state index in [2.05, 4.69) is 20.9 Å². The van der Waals surface area contributed by atoms with Crippen LogP contribution in [-0.4, -0.2) is 51.3 Å². The molecule has 0 heterocycles. The van der Waals surface area contributed by atoms with Crippen molar-refractivity contribution in [2.75, 3.05) is 39.4 Å². The predicted molar refractivity (Wildman–Crippen MR) is 106 cm³/mol. The van der Waals surface area contributed by atoms with Crippen LogP contribution in [0.3, 0.4) is 0 Å².